The van der Waals surface area contributed by atoms with Crippen LogP contribution >= 0.6 is 0 Å². The number of benzene rings is 1. The predicted molar refractivity (Wildman–Crippen MR) is 74.6 cm³/mol. The molecular formula is C16H22O2. The predicted octanol–water partition coefficient (Wildman–Crippen LogP) is 3.24. The van der Waals surface area contributed by atoms with Crippen LogP contribution < -0.4 is 4.74 Å². The Kier molecular flexibility index (Phi) is 6.98. The molecule has 0 aliphatic heterocycles. The maximum atomic E-state index is 8.63. The average molecular weight is 246 g/mol. The Morgan fingerprint density at radius 1 is 1.28 bits per heavy atom. The van der Waals surface area contributed by atoms with Crippen LogP contribution in [0.2, 0.25) is 0 Å². The van der Waals surface area contributed by atoms with Crippen molar-refractivity contribution in [2.75, 3.05) is 13.2 Å². The van der Waals surface area contributed by atoms with E-state index >= 15 is 0 Å². The standard InChI is InChI=1S/C16H22O2/c1-3-6-14(2)13-18-16-10-8-15(9-11-16)7-4-5-12-17/h8-11,14,17H,3,5-6,12-13H2,1-2H3. The molecule has 0 spiro atoms. The van der Waals surface area contributed by atoms with Crippen molar-refractivity contribution in [2.24, 2.45) is 5.92 Å². The van der Waals surface area contributed by atoms with Gasteiger partial charge >= 0.3 is 0 Å². The topological polar surface area (TPSA) is 29.5 Å². The molecule has 0 radical (unpaired) electrons. The zero-order valence-corrected chi connectivity index (χ0v) is 11.3. The highest BCUT2D eigenvalue weighted by Gasteiger charge is 2.01. The van der Waals surface area contributed by atoms with Crippen LogP contribution in [0, 0.1) is 17.8 Å². The lowest BCUT2D eigenvalue weighted by Gasteiger charge is -2.11. The Morgan fingerprint density at radius 2 is 2.00 bits per heavy atom. The van der Waals surface area contributed by atoms with E-state index in [1.807, 2.05) is 24.3 Å². The van der Waals surface area contributed by atoms with Crippen LogP contribution in [0.5, 0.6) is 5.75 Å². The van der Waals surface area contributed by atoms with Gasteiger partial charge in [-0.05, 0) is 36.6 Å². The third-order valence-corrected chi connectivity index (χ3v) is 2.64. The fourth-order valence-electron chi connectivity index (χ4n) is 1.67. The Bertz CT molecular complexity index is 384. The minimum Gasteiger partial charge on any atom is -0.493 e. The Labute approximate surface area is 110 Å². The van der Waals surface area contributed by atoms with E-state index in [1.54, 1.807) is 0 Å². The second-order valence-corrected chi connectivity index (χ2v) is 4.50. The number of hydrogen-bond donors (Lipinski definition) is 1. The van der Waals surface area contributed by atoms with Crippen LogP contribution in [0.3, 0.4) is 0 Å². The van der Waals surface area contributed by atoms with E-state index in [0.29, 0.717) is 12.3 Å². The molecule has 1 N–H and O–H groups in total. The molecule has 0 heterocycles. The molecular weight excluding hydrogens is 224 g/mol. The monoisotopic (exact) mass is 246 g/mol. The van der Waals surface area contributed by atoms with E-state index in [-0.39, 0.29) is 6.61 Å². The summed E-state index contributed by atoms with van der Waals surface area (Å²) in [6.07, 6.45) is 2.92. The first-order valence-corrected chi connectivity index (χ1v) is 6.58. The maximum Gasteiger partial charge on any atom is 0.119 e. The fraction of sp³-hybridized carbons (Fsp3) is 0.500. The summed E-state index contributed by atoms with van der Waals surface area (Å²) >= 11 is 0. The zero-order chi connectivity index (χ0) is 13.2. The minimum absolute atomic E-state index is 0.115. The second-order valence-electron chi connectivity index (χ2n) is 4.50. The van der Waals surface area contributed by atoms with E-state index in [2.05, 4.69) is 25.7 Å². The third-order valence-electron chi connectivity index (χ3n) is 2.64. The van der Waals surface area contributed by atoms with Gasteiger partial charge < -0.3 is 9.84 Å². The maximum absolute atomic E-state index is 8.63. The third kappa shape index (κ3) is 5.75. The number of rotatable bonds is 6. The lowest BCUT2D eigenvalue weighted by atomic mass is 10.1. The SMILES string of the molecule is CCCC(C)COc1ccc(C#CCCO)cc1. The summed E-state index contributed by atoms with van der Waals surface area (Å²) < 4.78 is 5.71. The molecule has 1 rings (SSSR count). The summed E-state index contributed by atoms with van der Waals surface area (Å²) in [5.41, 5.74) is 0.956. The molecule has 2 heteroatoms. The van der Waals surface area contributed by atoms with Gasteiger partial charge in [-0.3, -0.25) is 0 Å². The molecule has 2 nitrogen and oxygen atoms in total. The number of hydrogen-bond acceptors (Lipinski definition) is 2. The van der Waals surface area contributed by atoms with Crippen molar-refractivity contribution in [3.63, 3.8) is 0 Å². The summed E-state index contributed by atoms with van der Waals surface area (Å²) in [6, 6.07) is 7.79. The molecule has 98 valence electrons. The van der Waals surface area contributed by atoms with Crippen molar-refractivity contribution in [3.8, 4) is 17.6 Å². The quantitative estimate of drug-likeness (QED) is 0.781. The van der Waals surface area contributed by atoms with Crippen LogP contribution in [0.15, 0.2) is 24.3 Å². The molecule has 1 aromatic carbocycles. The summed E-state index contributed by atoms with van der Waals surface area (Å²) in [5.74, 6) is 7.38. The highest BCUT2D eigenvalue weighted by Crippen LogP contribution is 2.14. The van der Waals surface area contributed by atoms with E-state index in [4.69, 9.17) is 9.84 Å². The molecule has 1 atom stereocenters. The summed E-state index contributed by atoms with van der Waals surface area (Å²) in [5, 5.41) is 8.63. The van der Waals surface area contributed by atoms with Crippen molar-refractivity contribution in [1.82, 2.24) is 0 Å². The zero-order valence-electron chi connectivity index (χ0n) is 11.3. The Balaban J connectivity index is 2.43. The molecule has 1 aromatic rings. The van der Waals surface area contributed by atoms with E-state index in [9.17, 15) is 0 Å². The first-order chi connectivity index (χ1) is 8.76. The lowest BCUT2D eigenvalue weighted by Crippen LogP contribution is -2.07. The van der Waals surface area contributed by atoms with Gasteiger partial charge in [0.15, 0.2) is 0 Å². The molecule has 0 amide bonds. The van der Waals surface area contributed by atoms with Crippen molar-refractivity contribution < 1.29 is 9.84 Å². The van der Waals surface area contributed by atoms with Crippen LogP contribution in [-0.4, -0.2) is 18.3 Å². The average Bonchev–Trinajstić information content (AvgIpc) is 2.38. The molecule has 1 unspecified atom stereocenters. The van der Waals surface area contributed by atoms with Gasteiger partial charge in [-0.25, -0.2) is 0 Å². The highest BCUT2D eigenvalue weighted by atomic mass is 16.5. The number of aliphatic hydroxyl groups is 1. The lowest BCUT2D eigenvalue weighted by molar-refractivity contribution is 0.251. The smallest absolute Gasteiger partial charge is 0.119 e. The van der Waals surface area contributed by atoms with Gasteiger partial charge in [-0.1, -0.05) is 32.1 Å². The van der Waals surface area contributed by atoms with Gasteiger partial charge in [0, 0.05) is 12.0 Å². The van der Waals surface area contributed by atoms with Gasteiger partial charge in [-0.15, -0.1) is 0 Å². The molecule has 0 fully saturated rings. The van der Waals surface area contributed by atoms with Crippen LogP contribution in [0.1, 0.15) is 38.7 Å². The van der Waals surface area contributed by atoms with Crippen LogP contribution in [-0.2, 0) is 0 Å². The van der Waals surface area contributed by atoms with Gasteiger partial charge in [-0.2, -0.15) is 0 Å². The first-order valence-electron chi connectivity index (χ1n) is 6.58. The summed E-state index contributed by atoms with van der Waals surface area (Å²) in [7, 11) is 0. The number of ether oxygens (including phenoxy) is 1. The Hall–Kier alpha value is -1.46. The van der Waals surface area contributed by atoms with Gasteiger partial charge in [0.05, 0.1) is 13.2 Å². The molecule has 18 heavy (non-hydrogen) atoms. The van der Waals surface area contributed by atoms with E-state index in [1.165, 1.54) is 12.8 Å². The first kappa shape index (κ1) is 14.6. The molecule has 0 aromatic heterocycles. The van der Waals surface area contributed by atoms with Gasteiger partial charge in [0.25, 0.3) is 0 Å². The molecule has 0 saturated heterocycles. The van der Waals surface area contributed by atoms with Crippen molar-refractivity contribution in [2.45, 2.75) is 33.1 Å². The molecule has 0 saturated carbocycles. The number of aliphatic hydroxyl groups excluding tert-OH is 1. The largest absolute Gasteiger partial charge is 0.493 e. The molecule has 0 bridgehead atoms. The molecule has 0 aliphatic carbocycles. The van der Waals surface area contributed by atoms with Crippen LogP contribution in [0.4, 0.5) is 0 Å². The van der Waals surface area contributed by atoms with Gasteiger partial charge in [0.1, 0.15) is 5.75 Å². The van der Waals surface area contributed by atoms with E-state index < -0.39 is 0 Å². The minimum atomic E-state index is 0.115. The van der Waals surface area contributed by atoms with Crippen molar-refractivity contribution in [1.29, 1.82) is 0 Å². The normalized spacial score (nSPS) is 11.5. The summed E-state index contributed by atoms with van der Waals surface area (Å²) in [6.45, 7) is 5.28. The highest BCUT2D eigenvalue weighted by molar-refractivity contribution is 5.38. The Morgan fingerprint density at radius 3 is 2.61 bits per heavy atom. The molecule has 0 aliphatic rings. The summed E-state index contributed by atoms with van der Waals surface area (Å²) in [4.78, 5) is 0. The second kappa shape index (κ2) is 8.60. The fourth-order valence-corrected chi connectivity index (χ4v) is 1.67. The van der Waals surface area contributed by atoms with Crippen LogP contribution in [0.25, 0.3) is 0 Å². The van der Waals surface area contributed by atoms with Crippen molar-refractivity contribution >= 4 is 0 Å². The van der Waals surface area contributed by atoms with Crippen molar-refractivity contribution in [3.05, 3.63) is 29.8 Å². The van der Waals surface area contributed by atoms with E-state index in [0.717, 1.165) is 17.9 Å². The van der Waals surface area contributed by atoms with Gasteiger partial charge in [0.2, 0.25) is 0 Å².